The zero-order valence-corrected chi connectivity index (χ0v) is 13.9. The number of benzene rings is 1. The molecule has 1 N–H and O–H groups in total. The SMILES string of the molecule is Cc1cnn(CC2CCCCN2C(=O)c2cc3ccccc3[nH]2)c1. The average Bonchev–Trinajstić information content (AvgIpc) is 3.20. The average molecular weight is 322 g/mol. The van der Waals surface area contributed by atoms with Crippen LogP contribution >= 0.6 is 0 Å². The van der Waals surface area contributed by atoms with Gasteiger partial charge in [0.1, 0.15) is 5.69 Å². The number of aryl methyl sites for hydroxylation is 1. The number of amides is 1. The molecule has 0 saturated carbocycles. The minimum absolute atomic E-state index is 0.0970. The van der Waals surface area contributed by atoms with Gasteiger partial charge in [0.2, 0.25) is 0 Å². The van der Waals surface area contributed by atoms with Crippen LogP contribution in [0.4, 0.5) is 0 Å². The number of likely N-dealkylation sites (tertiary alicyclic amines) is 1. The highest BCUT2D eigenvalue weighted by atomic mass is 16.2. The molecule has 24 heavy (non-hydrogen) atoms. The number of carbonyl (C=O) groups excluding carboxylic acids is 1. The number of carbonyl (C=O) groups is 1. The molecule has 4 rings (SSSR count). The van der Waals surface area contributed by atoms with E-state index in [0.717, 1.165) is 42.4 Å². The fourth-order valence-corrected chi connectivity index (χ4v) is 3.58. The molecule has 3 heterocycles. The molecule has 124 valence electrons. The maximum absolute atomic E-state index is 13.0. The minimum atomic E-state index is 0.0970. The first-order chi connectivity index (χ1) is 11.7. The lowest BCUT2D eigenvalue weighted by Gasteiger charge is -2.35. The number of hydrogen-bond donors (Lipinski definition) is 1. The van der Waals surface area contributed by atoms with Crippen molar-refractivity contribution in [1.29, 1.82) is 0 Å². The van der Waals surface area contributed by atoms with Gasteiger partial charge in [-0.05, 0) is 43.9 Å². The highest BCUT2D eigenvalue weighted by molar-refractivity contribution is 5.98. The fraction of sp³-hybridized carbons (Fsp3) is 0.368. The summed E-state index contributed by atoms with van der Waals surface area (Å²) in [7, 11) is 0. The lowest BCUT2D eigenvalue weighted by molar-refractivity contribution is 0.0579. The Morgan fingerprint density at radius 1 is 1.33 bits per heavy atom. The lowest BCUT2D eigenvalue weighted by atomic mass is 10.0. The van der Waals surface area contributed by atoms with E-state index in [-0.39, 0.29) is 11.9 Å². The maximum atomic E-state index is 13.0. The molecule has 1 unspecified atom stereocenters. The number of hydrogen-bond acceptors (Lipinski definition) is 2. The minimum Gasteiger partial charge on any atom is -0.351 e. The van der Waals surface area contributed by atoms with Crippen LogP contribution in [0.25, 0.3) is 10.9 Å². The van der Waals surface area contributed by atoms with Gasteiger partial charge in [-0.25, -0.2) is 0 Å². The van der Waals surface area contributed by atoms with Gasteiger partial charge in [-0.3, -0.25) is 9.48 Å². The third-order valence-corrected chi connectivity index (χ3v) is 4.81. The molecule has 0 spiro atoms. The van der Waals surface area contributed by atoms with Crippen LogP contribution in [0, 0.1) is 6.92 Å². The Labute approximate surface area is 141 Å². The number of piperidine rings is 1. The normalized spacial score (nSPS) is 18.2. The van der Waals surface area contributed by atoms with Gasteiger partial charge in [-0.1, -0.05) is 18.2 Å². The summed E-state index contributed by atoms with van der Waals surface area (Å²) in [6.07, 6.45) is 7.18. The number of para-hydroxylation sites is 1. The van der Waals surface area contributed by atoms with Crippen molar-refractivity contribution in [3.05, 3.63) is 54.0 Å². The molecule has 1 fully saturated rings. The van der Waals surface area contributed by atoms with Crippen LogP contribution in [0.5, 0.6) is 0 Å². The predicted octanol–water partition coefficient (Wildman–Crippen LogP) is 3.37. The van der Waals surface area contributed by atoms with Crippen molar-refractivity contribution in [3.63, 3.8) is 0 Å². The predicted molar refractivity (Wildman–Crippen MR) is 93.9 cm³/mol. The van der Waals surface area contributed by atoms with Crippen LogP contribution in [-0.2, 0) is 6.54 Å². The van der Waals surface area contributed by atoms with Crippen molar-refractivity contribution in [2.75, 3.05) is 6.54 Å². The molecule has 0 aliphatic carbocycles. The van der Waals surface area contributed by atoms with Gasteiger partial charge in [0.25, 0.3) is 5.91 Å². The van der Waals surface area contributed by atoms with E-state index in [1.54, 1.807) is 0 Å². The molecule has 0 radical (unpaired) electrons. The molecule has 0 bridgehead atoms. The Bertz CT molecular complexity index is 830. The van der Waals surface area contributed by atoms with Crippen LogP contribution in [0.1, 0.15) is 35.3 Å². The van der Waals surface area contributed by atoms with E-state index in [1.165, 1.54) is 6.42 Å². The van der Waals surface area contributed by atoms with Crippen LogP contribution in [0.15, 0.2) is 42.7 Å². The summed E-state index contributed by atoms with van der Waals surface area (Å²) >= 11 is 0. The van der Waals surface area contributed by atoms with E-state index in [0.29, 0.717) is 5.69 Å². The van der Waals surface area contributed by atoms with Crippen molar-refractivity contribution in [3.8, 4) is 0 Å². The van der Waals surface area contributed by atoms with Crippen LogP contribution in [0.2, 0.25) is 0 Å². The van der Waals surface area contributed by atoms with E-state index >= 15 is 0 Å². The van der Waals surface area contributed by atoms with Crippen LogP contribution in [-0.4, -0.2) is 38.2 Å². The van der Waals surface area contributed by atoms with E-state index in [9.17, 15) is 4.79 Å². The van der Waals surface area contributed by atoms with Gasteiger partial charge < -0.3 is 9.88 Å². The largest absolute Gasteiger partial charge is 0.351 e. The van der Waals surface area contributed by atoms with Crippen LogP contribution < -0.4 is 0 Å². The molecule has 1 aliphatic heterocycles. The molecule has 2 aromatic heterocycles. The highest BCUT2D eigenvalue weighted by Crippen LogP contribution is 2.23. The summed E-state index contributed by atoms with van der Waals surface area (Å²) < 4.78 is 1.96. The number of nitrogens with one attached hydrogen (secondary N) is 1. The third kappa shape index (κ3) is 2.82. The second kappa shape index (κ2) is 6.15. The smallest absolute Gasteiger partial charge is 0.270 e. The molecular weight excluding hydrogens is 300 g/mol. The van der Waals surface area contributed by atoms with E-state index in [4.69, 9.17) is 0 Å². The van der Waals surface area contributed by atoms with Gasteiger partial charge >= 0.3 is 0 Å². The Kier molecular flexibility index (Phi) is 3.84. The number of rotatable bonds is 3. The summed E-state index contributed by atoms with van der Waals surface area (Å²) in [6.45, 7) is 3.62. The summed E-state index contributed by atoms with van der Waals surface area (Å²) in [5.41, 5.74) is 2.84. The van der Waals surface area contributed by atoms with Gasteiger partial charge in [0, 0.05) is 23.6 Å². The van der Waals surface area contributed by atoms with Gasteiger partial charge in [-0.15, -0.1) is 0 Å². The number of nitrogens with zero attached hydrogens (tertiary/aromatic N) is 3. The summed E-state index contributed by atoms with van der Waals surface area (Å²) in [4.78, 5) is 18.3. The fourth-order valence-electron chi connectivity index (χ4n) is 3.58. The highest BCUT2D eigenvalue weighted by Gasteiger charge is 2.28. The van der Waals surface area contributed by atoms with E-state index < -0.39 is 0 Å². The van der Waals surface area contributed by atoms with Gasteiger partial charge in [0.05, 0.1) is 18.8 Å². The second-order valence-electron chi connectivity index (χ2n) is 6.66. The molecule has 3 aromatic rings. The monoisotopic (exact) mass is 322 g/mol. The van der Waals surface area contributed by atoms with Gasteiger partial charge in [-0.2, -0.15) is 5.10 Å². The van der Waals surface area contributed by atoms with Crippen molar-refractivity contribution in [2.24, 2.45) is 0 Å². The number of H-pyrrole nitrogens is 1. The lowest BCUT2D eigenvalue weighted by Crippen LogP contribution is -2.46. The maximum Gasteiger partial charge on any atom is 0.270 e. The first-order valence-electron chi connectivity index (χ1n) is 8.58. The summed E-state index contributed by atoms with van der Waals surface area (Å²) in [6, 6.07) is 10.2. The number of aromatic amines is 1. The van der Waals surface area contributed by atoms with E-state index in [1.807, 2.05) is 59.2 Å². The molecule has 1 aliphatic rings. The third-order valence-electron chi connectivity index (χ3n) is 4.81. The standard InChI is InChI=1S/C19H22N4O/c1-14-11-20-22(12-14)13-16-7-4-5-9-23(16)19(24)18-10-15-6-2-3-8-17(15)21-18/h2-3,6,8,10-12,16,21H,4-5,7,9,13H2,1H3. The molecule has 1 saturated heterocycles. The zero-order chi connectivity index (χ0) is 16.5. The Morgan fingerprint density at radius 2 is 2.21 bits per heavy atom. The number of fused-ring (bicyclic) bond motifs is 1. The first kappa shape index (κ1) is 15.0. The molecule has 1 atom stereocenters. The molecule has 1 aromatic carbocycles. The van der Waals surface area contributed by atoms with E-state index in [2.05, 4.69) is 10.1 Å². The Hall–Kier alpha value is -2.56. The molecule has 1 amide bonds. The first-order valence-corrected chi connectivity index (χ1v) is 8.58. The Balaban J connectivity index is 1.58. The van der Waals surface area contributed by atoms with Crippen molar-refractivity contribution < 1.29 is 4.79 Å². The zero-order valence-electron chi connectivity index (χ0n) is 13.9. The van der Waals surface area contributed by atoms with Crippen LogP contribution in [0.3, 0.4) is 0 Å². The number of aromatic nitrogens is 3. The molecule has 5 nitrogen and oxygen atoms in total. The van der Waals surface area contributed by atoms with Crippen molar-refractivity contribution in [1.82, 2.24) is 19.7 Å². The van der Waals surface area contributed by atoms with Crippen molar-refractivity contribution >= 4 is 16.8 Å². The van der Waals surface area contributed by atoms with Gasteiger partial charge in [0.15, 0.2) is 0 Å². The summed E-state index contributed by atoms with van der Waals surface area (Å²) in [5.74, 6) is 0.0970. The molecular formula is C19H22N4O. The molecule has 5 heteroatoms. The Morgan fingerprint density at radius 3 is 3.00 bits per heavy atom. The second-order valence-corrected chi connectivity index (χ2v) is 6.66. The topological polar surface area (TPSA) is 53.9 Å². The summed E-state index contributed by atoms with van der Waals surface area (Å²) in [5, 5.41) is 5.46. The quantitative estimate of drug-likeness (QED) is 0.804. The van der Waals surface area contributed by atoms with Crippen molar-refractivity contribution in [2.45, 2.75) is 38.8 Å².